The van der Waals surface area contributed by atoms with Gasteiger partial charge in [-0.1, -0.05) is 0 Å². The van der Waals surface area contributed by atoms with E-state index in [0.717, 1.165) is 25.3 Å². The van der Waals surface area contributed by atoms with E-state index in [0.29, 0.717) is 12.5 Å². The van der Waals surface area contributed by atoms with Gasteiger partial charge in [-0.05, 0) is 43.4 Å². The Morgan fingerprint density at radius 2 is 2.11 bits per heavy atom. The van der Waals surface area contributed by atoms with E-state index < -0.39 is 15.8 Å². The molecule has 0 spiro atoms. The summed E-state index contributed by atoms with van der Waals surface area (Å²) in [7, 11) is -3.65. The highest BCUT2D eigenvalue weighted by Crippen LogP contribution is 2.41. The third kappa shape index (κ3) is 1.71. The molecule has 1 aliphatic carbocycles. The van der Waals surface area contributed by atoms with Gasteiger partial charge in [0, 0.05) is 12.6 Å². The van der Waals surface area contributed by atoms with Crippen LogP contribution in [-0.2, 0) is 10.0 Å². The molecule has 4 nitrogen and oxygen atoms in total. The summed E-state index contributed by atoms with van der Waals surface area (Å²) in [5.41, 5.74) is 5.78. The summed E-state index contributed by atoms with van der Waals surface area (Å²) >= 11 is 0. The first-order chi connectivity index (χ1) is 8.48. The highest BCUT2D eigenvalue weighted by molar-refractivity contribution is 7.89. The van der Waals surface area contributed by atoms with Crippen molar-refractivity contribution in [2.45, 2.75) is 30.2 Å². The second-order valence-corrected chi connectivity index (χ2v) is 6.95. The standard InChI is InChI=1S/C12H15FN2O2S/c13-9-2-4-11(14)12(6-9)18(16,17)15-7-8-1-3-10(15)5-8/h2,4,6,8,10H,1,3,5,7,14H2. The molecule has 2 N–H and O–H groups in total. The first-order valence-electron chi connectivity index (χ1n) is 6.05. The van der Waals surface area contributed by atoms with Crippen LogP contribution in [0.2, 0.25) is 0 Å². The lowest BCUT2D eigenvalue weighted by Gasteiger charge is -2.26. The molecule has 1 saturated carbocycles. The van der Waals surface area contributed by atoms with Crippen LogP contribution in [0.25, 0.3) is 0 Å². The zero-order valence-electron chi connectivity index (χ0n) is 9.84. The minimum atomic E-state index is -3.65. The molecule has 1 aromatic rings. The van der Waals surface area contributed by atoms with Gasteiger partial charge in [0.2, 0.25) is 10.0 Å². The van der Waals surface area contributed by atoms with Crippen LogP contribution >= 0.6 is 0 Å². The van der Waals surface area contributed by atoms with Gasteiger partial charge >= 0.3 is 0 Å². The van der Waals surface area contributed by atoms with Crippen molar-refractivity contribution in [2.24, 2.45) is 5.92 Å². The molecule has 0 aromatic heterocycles. The van der Waals surface area contributed by atoms with E-state index in [-0.39, 0.29) is 16.6 Å². The number of benzene rings is 1. The lowest BCUT2D eigenvalue weighted by Crippen LogP contribution is -2.37. The molecular weight excluding hydrogens is 255 g/mol. The van der Waals surface area contributed by atoms with E-state index >= 15 is 0 Å². The van der Waals surface area contributed by atoms with E-state index in [1.165, 1.54) is 16.4 Å². The number of anilines is 1. The van der Waals surface area contributed by atoms with E-state index in [9.17, 15) is 12.8 Å². The highest BCUT2D eigenvalue weighted by atomic mass is 32.2. The molecule has 2 atom stereocenters. The molecule has 2 aliphatic rings. The van der Waals surface area contributed by atoms with Crippen LogP contribution in [-0.4, -0.2) is 25.3 Å². The Labute approximate surface area is 106 Å². The number of nitrogens with zero attached hydrogens (tertiary/aromatic N) is 1. The summed E-state index contributed by atoms with van der Waals surface area (Å²) in [5, 5.41) is 0. The van der Waals surface area contributed by atoms with E-state index in [2.05, 4.69) is 0 Å². The van der Waals surface area contributed by atoms with Crippen LogP contribution < -0.4 is 5.73 Å². The summed E-state index contributed by atoms with van der Waals surface area (Å²) in [6, 6.07) is 3.56. The topological polar surface area (TPSA) is 63.4 Å². The molecule has 1 aliphatic heterocycles. The molecule has 1 heterocycles. The fourth-order valence-corrected chi connectivity index (χ4v) is 4.90. The van der Waals surface area contributed by atoms with Crippen molar-refractivity contribution in [2.75, 3.05) is 12.3 Å². The maximum absolute atomic E-state index is 13.2. The summed E-state index contributed by atoms with van der Waals surface area (Å²) in [6.07, 6.45) is 2.92. The lowest BCUT2D eigenvalue weighted by atomic mass is 10.1. The molecule has 2 unspecified atom stereocenters. The predicted molar refractivity (Wildman–Crippen MR) is 65.8 cm³/mol. The Hall–Kier alpha value is -1.14. The van der Waals surface area contributed by atoms with Gasteiger partial charge in [-0.25, -0.2) is 12.8 Å². The monoisotopic (exact) mass is 270 g/mol. The molecule has 6 heteroatoms. The van der Waals surface area contributed by atoms with Crippen molar-refractivity contribution in [1.29, 1.82) is 0 Å². The fourth-order valence-electron chi connectivity index (χ4n) is 3.03. The molecule has 98 valence electrons. The van der Waals surface area contributed by atoms with Crippen LogP contribution in [0.5, 0.6) is 0 Å². The Morgan fingerprint density at radius 3 is 2.72 bits per heavy atom. The molecular formula is C12H15FN2O2S. The third-order valence-corrected chi connectivity index (χ3v) is 5.90. The lowest BCUT2D eigenvalue weighted by molar-refractivity contribution is 0.333. The number of nitrogen functional groups attached to an aromatic ring is 1. The van der Waals surface area contributed by atoms with Crippen molar-refractivity contribution < 1.29 is 12.8 Å². The zero-order valence-corrected chi connectivity index (χ0v) is 10.7. The quantitative estimate of drug-likeness (QED) is 0.830. The average Bonchev–Trinajstić information content (AvgIpc) is 2.94. The molecule has 0 radical (unpaired) electrons. The maximum atomic E-state index is 13.2. The minimum absolute atomic E-state index is 0.0719. The summed E-state index contributed by atoms with van der Waals surface area (Å²) in [4.78, 5) is -0.102. The minimum Gasteiger partial charge on any atom is -0.398 e. The number of hydrogen-bond donors (Lipinski definition) is 1. The number of sulfonamides is 1. The Morgan fingerprint density at radius 1 is 1.33 bits per heavy atom. The second-order valence-electron chi connectivity index (χ2n) is 5.09. The van der Waals surface area contributed by atoms with Gasteiger partial charge in [0.25, 0.3) is 0 Å². The number of halogens is 1. The molecule has 2 fully saturated rings. The van der Waals surface area contributed by atoms with Crippen molar-refractivity contribution in [1.82, 2.24) is 4.31 Å². The van der Waals surface area contributed by atoms with Crippen LogP contribution in [0.3, 0.4) is 0 Å². The Bertz CT molecular complexity index is 588. The number of fused-ring (bicyclic) bond motifs is 2. The van der Waals surface area contributed by atoms with Crippen LogP contribution in [0.1, 0.15) is 19.3 Å². The van der Waals surface area contributed by atoms with Crippen molar-refractivity contribution in [3.05, 3.63) is 24.0 Å². The van der Waals surface area contributed by atoms with Crippen LogP contribution in [0.15, 0.2) is 23.1 Å². The molecule has 1 aromatic carbocycles. The number of piperidine rings is 1. The van der Waals surface area contributed by atoms with E-state index in [1.54, 1.807) is 0 Å². The largest absolute Gasteiger partial charge is 0.398 e. The van der Waals surface area contributed by atoms with Crippen molar-refractivity contribution in [3.63, 3.8) is 0 Å². The number of nitrogens with two attached hydrogens (primary N) is 1. The van der Waals surface area contributed by atoms with Gasteiger partial charge in [0.05, 0.1) is 5.69 Å². The van der Waals surface area contributed by atoms with Crippen molar-refractivity contribution >= 4 is 15.7 Å². The summed E-state index contributed by atoms with van der Waals surface area (Å²) in [5.74, 6) is -0.119. The smallest absolute Gasteiger partial charge is 0.245 e. The summed E-state index contributed by atoms with van der Waals surface area (Å²) < 4.78 is 39.7. The molecule has 3 rings (SSSR count). The Balaban J connectivity index is 2.02. The van der Waals surface area contributed by atoms with E-state index in [4.69, 9.17) is 5.73 Å². The molecule has 2 bridgehead atoms. The predicted octanol–water partition coefficient (Wildman–Crippen LogP) is 1.58. The highest BCUT2D eigenvalue weighted by Gasteiger charge is 2.44. The van der Waals surface area contributed by atoms with Gasteiger partial charge in [-0.2, -0.15) is 4.31 Å². The van der Waals surface area contributed by atoms with Gasteiger partial charge < -0.3 is 5.73 Å². The van der Waals surface area contributed by atoms with Gasteiger partial charge in [-0.3, -0.25) is 0 Å². The first-order valence-corrected chi connectivity index (χ1v) is 7.49. The Kier molecular flexibility index (Phi) is 2.60. The molecule has 0 amide bonds. The normalized spacial score (nSPS) is 27.8. The van der Waals surface area contributed by atoms with Crippen LogP contribution in [0, 0.1) is 11.7 Å². The number of hydrogen-bond acceptors (Lipinski definition) is 3. The summed E-state index contributed by atoms with van der Waals surface area (Å²) in [6.45, 7) is 0.545. The van der Waals surface area contributed by atoms with Gasteiger partial charge in [-0.15, -0.1) is 0 Å². The molecule has 18 heavy (non-hydrogen) atoms. The number of rotatable bonds is 2. The first kappa shape index (κ1) is 11.9. The SMILES string of the molecule is Nc1ccc(F)cc1S(=O)(=O)N1CC2CCC1C2. The van der Waals surface area contributed by atoms with Gasteiger partial charge in [0.1, 0.15) is 10.7 Å². The molecule has 1 saturated heterocycles. The average molecular weight is 270 g/mol. The maximum Gasteiger partial charge on any atom is 0.245 e. The third-order valence-electron chi connectivity index (χ3n) is 3.92. The zero-order chi connectivity index (χ0) is 12.9. The van der Waals surface area contributed by atoms with Crippen LogP contribution in [0.4, 0.5) is 10.1 Å². The van der Waals surface area contributed by atoms with E-state index in [1.807, 2.05) is 0 Å². The van der Waals surface area contributed by atoms with Gasteiger partial charge in [0.15, 0.2) is 0 Å². The fraction of sp³-hybridized carbons (Fsp3) is 0.500. The van der Waals surface area contributed by atoms with Crippen molar-refractivity contribution in [3.8, 4) is 0 Å². The second kappa shape index (κ2) is 3.93.